The number of carbonyl (C=O) groups is 1. The predicted molar refractivity (Wildman–Crippen MR) is 63.8 cm³/mol. The van der Waals surface area contributed by atoms with Crippen molar-refractivity contribution >= 4 is 6.09 Å². The van der Waals surface area contributed by atoms with Gasteiger partial charge in [-0.1, -0.05) is 30.3 Å². The van der Waals surface area contributed by atoms with Crippen LogP contribution in [-0.4, -0.2) is 41.2 Å². The van der Waals surface area contributed by atoms with Crippen LogP contribution in [-0.2, 0) is 11.3 Å². The van der Waals surface area contributed by atoms with Crippen molar-refractivity contribution in [3.63, 3.8) is 0 Å². The summed E-state index contributed by atoms with van der Waals surface area (Å²) in [5.41, 5.74) is 0.778. The van der Waals surface area contributed by atoms with Crippen LogP contribution in [0.4, 0.5) is 13.6 Å². The monoisotopic (exact) mass is 271 g/mol. The second-order valence-electron chi connectivity index (χ2n) is 4.63. The molecule has 1 saturated heterocycles. The number of halogens is 2. The van der Waals surface area contributed by atoms with E-state index in [1.54, 1.807) is 24.3 Å². The van der Waals surface area contributed by atoms with Gasteiger partial charge in [0.25, 0.3) is 5.92 Å². The van der Waals surface area contributed by atoms with Gasteiger partial charge in [0, 0.05) is 6.42 Å². The number of aliphatic hydroxyl groups excluding tert-OH is 1. The van der Waals surface area contributed by atoms with E-state index >= 15 is 0 Å². The van der Waals surface area contributed by atoms with Crippen LogP contribution in [0.25, 0.3) is 0 Å². The molecule has 0 aromatic heterocycles. The topological polar surface area (TPSA) is 49.8 Å². The summed E-state index contributed by atoms with van der Waals surface area (Å²) in [5.74, 6) is -3.07. The molecule has 2 rings (SSSR count). The summed E-state index contributed by atoms with van der Waals surface area (Å²) in [7, 11) is 0. The van der Waals surface area contributed by atoms with Gasteiger partial charge in [0.05, 0.1) is 19.2 Å². The highest BCUT2D eigenvalue weighted by Gasteiger charge is 2.41. The third-order valence-corrected chi connectivity index (χ3v) is 2.85. The third-order valence-electron chi connectivity index (χ3n) is 2.85. The van der Waals surface area contributed by atoms with Crippen molar-refractivity contribution in [3.05, 3.63) is 35.9 Å². The number of piperidine rings is 1. The molecule has 1 aromatic rings. The minimum Gasteiger partial charge on any atom is -0.445 e. The molecule has 1 amide bonds. The Labute approximate surface area is 109 Å². The number of likely N-dealkylation sites (tertiary alicyclic amines) is 1. The van der Waals surface area contributed by atoms with E-state index < -0.39 is 31.1 Å². The molecule has 1 heterocycles. The zero-order chi connectivity index (χ0) is 13.9. The lowest BCUT2D eigenvalue weighted by Crippen LogP contribution is -2.51. The number of nitrogens with zero attached hydrogens (tertiary/aromatic N) is 1. The van der Waals surface area contributed by atoms with Crippen molar-refractivity contribution in [2.75, 3.05) is 13.1 Å². The third kappa shape index (κ3) is 3.89. The van der Waals surface area contributed by atoms with Gasteiger partial charge >= 0.3 is 6.09 Å². The van der Waals surface area contributed by atoms with Crippen molar-refractivity contribution in [2.45, 2.75) is 25.1 Å². The Balaban J connectivity index is 1.89. The standard InChI is InChI=1S/C13H15F2NO3/c14-13(15)6-11(17)7-16(9-13)12(18)19-8-10-4-2-1-3-5-10/h1-5,11,17H,6-9H2. The summed E-state index contributed by atoms with van der Waals surface area (Å²) < 4.78 is 31.4. The van der Waals surface area contributed by atoms with Crippen LogP contribution in [0, 0.1) is 0 Å². The highest BCUT2D eigenvalue weighted by Crippen LogP contribution is 2.27. The fraction of sp³-hybridized carbons (Fsp3) is 0.462. The van der Waals surface area contributed by atoms with Crippen molar-refractivity contribution < 1.29 is 23.4 Å². The van der Waals surface area contributed by atoms with E-state index in [9.17, 15) is 18.7 Å². The minimum absolute atomic E-state index is 0.0256. The number of alkyl halides is 2. The zero-order valence-electron chi connectivity index (χ0n) is 10.3. The molecule has 0 spiro atoms. The quantitative estimate of drug-likeness (QED) is 0.895. The minimum atomic E-state index is -3.07. The molecule has 0 aliphatic carbocycles. The van der Waals surface area contributed by atoms with Gasteiger partial charge in [0.1, 0.15) is 6.61 Å². The first-order valence-corrected chi connectivity index (χ1v) is 5.98. The van der Waals surface area contributed by atoms with E-state index in [1.165, 1.54) is 0 Å². The zero-order valence-corrected chi connectivity index (χ0v) is 10.3. The number of β-amino-alcohol motifs (C(OH)–C–C–N with tert-alkyl or cyclic N) is 1. The molecule has 19 heavy (non-hydrogen) atoms. The van der Waals surface area contributed by atoms with Gasteiger partial charge in [0.2, 0.25) is 0 Å². The lowest BCUT2D eigenvalue weighted by molar-refractivity contribution is -0.102. The van der Waals surface area contributed by atoms with Gasteiger partial charge in [-0.25, -0.2) is 13.6 Å². The van der Waals surface area contributed by atoms with Crippen LogP contribution < -0.4 is 0 Å². The number of rotatable bonds is 2. The maximum Gasteiger partial charge on any atom is 0.410 e. The summed E-state index contributed by atoms with van der Waals surface area (Å²) in [4.78, 5) is 12.5. The molecule has 1 aromatic carbocycles. The van der Waals surface area contributed by atoms with Crippen molar-refractivity contribution in [1.29, 1.82) is 0 Å². The number of ether oxygens (including phenoxy) is 1. The molecule has 1 aliphatic rings. The summed E-state index contributed by atoms with van der Waals surface area (Å²) in [6.45, 7) is -0.807. The second-order valence-corrected chi connectivity index (χ2v) is 4.63. The molecule has 4 nitrogen and oxygen atoms in total. The van der Waals surface area contributed by atoms with Crippen molar-refractivity contribution in [2.24, 2.45) is 0 Å². The molecule has 0 bridgehead atoms. The van der Waals surface area contributed by atoms with Crippen LogP contribution in [0.3, 0.4) is 0 Å². The van der Waals surface area contributed by atoms with Gasteiger partial charge in [-0.2, -0.15) is 0 Å². The molecule has 1 unspecified atom stereocenters. The predicted octanol–water partition coefficient (Wildman–Crippen LogP) is 2.03. The molecule has 6 heteroatoms. The fourth-order valence-corrected chi connectivity index (χ4v) is 2.02. The van der Waals surface area contributed by atoms with Crippen LogP contribution in [0.15, 0.2) is 30.3 Å². The number of hydrogen-bond acceptors (Lipinski definition) is 3. The lowest BCUT2D eigenvalue weighted by atomic mass is 10.1. The average molecular weight is 271 g/mol. The first-order chi connectivity index (χ1) is 8.96. The molecular formula is C13H15F2NO3. The van der Waals surface area contributed by atoms with E-state index in [0.29, 0.717) is 0 Å². The van der Waals surface area contributed by atoms with Gasteiger partial charge in [-0.05, 0) is 5.56 Å². The Morgan fingerprint density at radius 1 is 1.42 bits per heavy atom. The number of aliphatic hydroxyl groups is 1. The Hall–Kier alpha value is -1.69. The number of hydrogen-bond donors (Lipinski definition) is 1. The number of amides is 1. The maximum atomic E-state index is 13.2. The smallest absolute Gasteiger partial charge is 0.410 e. The summed E-state index contributed by atoms with van der Waals surface area (Å²) >= 11 is 0. The highest BCUT2D eigenvalue weighted by molar-refractivity contribution is 5.68. The molecule has 104 valence electrons. The van der Waals surface area contributed by atoms with E-state index in [-0.39, 0.29) is 13.2 Å². The molecule has 1 atom stereocenters. The van der Waals surface area contributed by atoms with E-state index in [4.69, 9.17) is 4.74 Å². The summed E-state index contributed by atoms with van der Waals surface area (Å²) in [6, 6.07) is 8.96. The van der Waals surface area contributed by atoms with Crippen molar-refractivity contribution in [3.8, 4) is 0 Å². The van der Waals surface area contributed by atoms with E-state index in [1.807, 2.05) is 6.07 Å². The Morgan fingerprint density at radius 2 is 2.11 bits per heavy atom. The number of benzene rings is 1. The second kappa shape index (κ2) is 5.52. The molecule has 1 N–H and O–H groups in total. The normalized spacial score (nSPS) is 22.1. The fourth-order valence-electron chi connectivity index (χ4n) is 2.02. The van der Waals surface area contributed by atoms with E-state index in [2.05, 4.69) is 0 Å². The van der Waals surface area contributed by atoms with Gasteiger partial charge in [-0.15, -0.1) is 0 Å². The molecule has 0 radical (unpaired) electrons. The number of carbonyl (C=O) groups excluding carboxylic acids is 1. The van der Waals surface area contributed by atoms with Gasteiger partial charge < -0.3 is 9.84 Å². The Morgan fingerprint density at radius 3 is 2.74 bits per heavy atom. The largest absolute Gasteiger partial charge is 0.445 e. The SMILES string of the molecule is O=C(OCc1ccccc1)N1CC(O)CC(F)(F)C1. The maximum absolute atomic E-state index is 13.2. The Kier molecular flexibility index (Phi) is 3.99. The first kappa shape index (κ1) is 13.7. The molecule has 0 saturated carbocycles. The van der Waals surface area contributed by atoms with Crippen LogP contribution in [0.2, 0.25) is 0 Å². The summed E-state index contributed by atoms with van der Waals surface area (Å²) in [6.07, 6.45) is -2.66. The molecular weight excluding hydrogens is 256 g/mol. The first-order valence-electron chi connectivity index (χ1n) is 5.98. The highest BCUT2D eigenvalue weighted by atomic mass is 19.3. The van der Waals surface area contributed by atoms with Gasteiger partial charge in [-0.3, -0.25) is 4.90 Å². The van der Waals surface area contributed by atoms with Gasteiger partial charge in [0.15, 0.2) is 0 Å². The lowest BCUT2D eigenvalue weighted by Gasteiger charge is -2.34. The van der Waals surface area contributed by atoms with Crippen LogP contribution in [0.5, 0.6) is 0 Å². The Bertz CT molecular complexity index is 439. The van der Waals surface area contributed by atoms with Crippen molar-refractivity contribution in [1.82, 2.24) is 4.90 Å². The summed E-state index contributed by atoms with van der Waals surface area (Å²) in [5, 5.41) is 9.32. The molecule has 1 aliphatic heterocycles. The average Bonchev–Trinajstić information content (AvgIpc) is 2.34. The van der Waals surface area contributed by atoms with Crippen LogP contribution in [0.1, 0.15) is 12.0 Å². The van der Waals surface area contributed by atoms with E-state index in [0.717, 1.165) is 10.5 Å². The molecule has 1 fully saturated rings. The van der Waals surface area contributed by atoms with Crippen LogP contribution >= 0.6 is 0 Å².